The van der Waals surface area contributed by atoms with E-state index in [0.717, 1.165) is 13.0 Å². The minimum Gasteiger partial charge on any atom is -0.480 e. The second kappa shape index (κ2) is 14.5. The molecular weight excluding hydrogens is 292 g/mol. The first-order valence-corrected chi connectivity index (χ1v) is 9.22. The molecule has 0 rings (SSSR count). The van der Waals surface area contributed by atoms with Crippen LogP contribution in [0.5, 0.6) is 0 Å². The van der Waals surface area contributed by atoms with Gasteiger partial charge in [-0.15, -0.1) is 0 Å². The topological polar surface area (TPSA) is 78.4 Å². The van der Waals surface area contributed by atoms with Crippen LogP contribution in [0, 0.1) is 5.92 Å². The van der Waals surface area contributed by atoms with Gasteiger partial charge in [-0.3, -0.25) is 9.59 Å². The molecule has 0 aliphatic carbocycles. The molecular formula is C18H36N2O3. The Morgan fingerprint density at radius 2 is 1.43 bits per heavy atom. The molecule has 0 aromatic rings. The molecule has 1 atom stereocenters. The summed E-state index contributed by atoms with van der Waals surface area (Å²) in [4.78, 5) is 22.4. The van der Waals surface area contributed by atoms with Gasteiger partial charge in [0.1, 0.15) is 6.54 Å². The average molecular weight is 328 g/mol. The fraction of sp³-hybridized carbons (Fsp3) is 0.889. The maximum absolute atomic E-state index is 11.9. The quantitative estimate of drug-likeness (QED) is 0.403. The lowest BCUT2D eigenvalue weighted by Crippen LogP contribution is -2.48. The Morgan fingerprint density at radius 3 is 1.91 bits per heavy atom. The van der Waals surface area contributed by atoms with Gasteiger partial charge in [-0.05, 0) is 18.9 Å². The van der Waals surface area contributed by atoms with Crippen LogP contribution in [0.2, 0.25) is 0 Å². The van der Waals surface area contributed by atoms with Crippen LogP contribution in [0.15, 0.2) is 0 Å². The van der Waals surface area contributed by atoms with E-state index in [1.54, 1.807) is 0 Å². The van der Waals surface area contributed by atoms with Crippen molar-refractivity contribution in [2.24, 2.45) is 5.92 Å². The van der Waals surface area contributed by atoms with Crippen LogP contribution in [-0.4, -0.2) is 36.1 Å². The van der Waals surface area contributed by atoms with Crippen LogP contribution >= 0.6 is 0 Å². The molecule has 0 bridgehead atoms. The molecule has 1 amide bonds. The molecule has 5 nitrogen and oxygen atoms in total. The minimum atomic E-state index is -1.01. The van der Waals surface area contributed by atoms with Gasteiger partial charge in [-0.1, -0.05) is 72.1 Å². The Morgan fingerprint density at radius 1 is 0.913 bits per heavy atom. The summed E-state index contributed by atoms with van der Waals surface area (Å²) < 4.78 is 0. The van der Waals surface area contributed by atoms with Crippen molar-refractivity contribution in [2.75, 3.05) is 13.1 Å². The minimum absolute atomic E-state index is 0.141. The number of hydrogen-bond donors (Lipinski definition) is 3. The summed E-state index contributed by atoms with van der Waals surface area (Å²) in [5.41, 5.74) is 0. The van der Waals surface area contributed by atoms with E-state index >= 15 is 0 Å². The first-order valence-electron chi connectivity index (χ1n) is 9.22. The zero-order valence-electron chi connectivity index (χ0n) is 15.2. The van der Waals surface area contributed by atoms with Crippen LogP contribution in [-0.2, 0) is 9.59 Å². The number of carboxylic acids is 1. The smallest absolute Gasteiger partial charge is 0.322 e. The lowest BCUT2D eigenvalue weighted by molar-refractivity contribution is -0.138. The van der Waals surface area contributed by atoms with Gasteiger partial charge in [0.05, 0.1) is 6.04 Å². The maximum atomic E-state index is 11.9. The third-order valence-corrected chi connectivity index (χ3v) is 4.01. The molecule has 0 aromatic heterocycles. The van der Waals surface area contributed by atoms with Crippen molar-refractivity contribution >= 4 is 11.9 Å². The number of unbranched alkanes of at least 4 members (excludes halogenated alkanes) is 8. The predicted octanol–water partition coefficient (Wildman–Crippen LogP) is 3.33. The number of carboxylic acid groups (broad SMARTS) is 1. The van der Waals surface area contributed by atoms with Crippen molar-refractivity contribution in [3.63, 3.8) is 0 Å². The molecule has 136 valence electrons. The fourth-order valence-electron chi connectivity index (χ4n) is 2.60. The summed E-state index contributed by atoms with van der Waals surface area (Å²) in [6.45, 7) is 6.66. The van der Waals surface area contributed by atoms with E-state index in [9.17, 15) is 9.59 Å². The van der Waals surface area contributed by atoms with Crippen LogP contribution in [0.3, 0.4) is 0 Å². The molecule has 0 radical (unpaired) electrons. The molecule has 23 heavy (non-hydrogen) atoms. The number of amides is 1. The largest absolute Gasteiger partial charge is 0.480 e. The van der Waals surface area contributed by atoms with Gasteiger partial charge in [0.15, 0.2) is 0 Å². The Balaban J connectivity index is 3.68. The van der Waals surface area contributed by atoms with E-state index in [-0.39, 0.29) is 24.4 Å². The molecule has 0 spiro atoms. The lowest BCUT2D eigenvalue weighted by Gasteiger charge is -2.21. The highest BCUT2D eigenvalue weighted by Gasteiger charge is 2.21. The third-order valence-electron chi connectivity index (χ3n) is 4.01. The van der Waals surface area contributed by atoms with Crippen molar-refractivity contribution in [3.8, 4) is 0 Å². The Bertz CT molecular complexity index is 319. The number of carbonyl (C=O) groups is 2. The molecule has 0 unspecified atom stereocenters. The Kier molecular flexibility index (Phi) is 13.8. The monoisotopic (exact) mass is 328 g/mol. The Hall–Kier alpha value is -1.10. The summed E-state index contributed by atoms with van der Waals surface area (Å²) in [6, 6.07) is -0.316. The van der Waals surface area contributed by atoms with Crippen LogP contribution in [0.4, 0.5) is 0 Å². The number of aliphatic carboxylic acids is 1. The third kappa shape index (κ3) is 13.1. The first-order chi connectivity index (χ1) is 11.0. The van der Waals surface area contributed by atoms with E-state index in [0.29, 0.717) is 0 Å². The van der Waals surface area contributed by atoms with E-state index in [2.05, 4.69) is 17.6 Å². The number of nitrogens with one attached hydrogen (secondary N) is 2. The normalized spacial score (nSPS) is 12.3. The molecule has 3 N–H and O–H groups in total. The molecule has 0 fully saturated rings. The SMILES string of the molecule is CCCCCCCCCCCN[C@H](C(=O)NCC(=O)O)C(C)C. The maximum Gasteiger partial charge on any atom is 0.322 e. The van der Waals surface area contributed by atoms with Gasteiger partial charge in [0.2, 0.25) is 5.91 Å². The molecule has 0 saturated heterocycles. The first kappa shape index (κ1) is 21.9. The predicted molar refractivity (Wildman–Crippen MR) is 94.5 cm³/mol. The second-order valence-electron chi connectivity index (χ2n) is 6.62. The summed E-state index contributed by atoms with van der Waals surface area (Å²) >= 11 is 0. The van der Waals surface area contributed by atoms with Gasteiger partial charge in [0, 0.05) is 0 Å². The highest BCUT2D eigenvalue weighted by molar-refractivity contribution is 5.85. The van der Waals surface area contributed by atoms with E-state index in [1.165, 1.54) is 51.4 Å². The second-order valence-corrected chi connectivity index (χ2v) is 6.62. The van der Waals surface area contributed by atoms with Crippen LogP contribution in [0.1, 0.15) is 78.6 Å². The molecule has 0 aromatic carbocycles. The lowest BCUT2D eigenvalue weighted by atomic mass is 10.0. The van der Waals surface area contributed by atoms with Crippen molar-refractivity contribution in [2.45, 2.75) is 84.6 Å². The zero-order chi connectivity index (χ0) is 17.5. The van der Waals surface area contributed by atoms with Crippen molar-refractivity contribution in [1.82, 2.24) is 10.6 Å². The van der Waals surface area contributed by atoms with Gasteiger partial charge in [-0.25, -0.2) is 0 Å². The van der Waals surface area contributed by atoms with Crippen molar-refractivity contribution in [3.05, 3.63) is 0 Å². The van der Waals surface area contributed by atoms with Crippen LogP contribution < -0.4 is 10.6 Å². The van der Waals surface area contributed by atoms with Crippen molar-refractivity contribution < 1.29 is 14.7 Å². The standard InChI is InChI=1S/C18H36N2O3/c1-4-5-6-7-8-9-10-11-12-13-19-17(15(2)3)18(23)20-14-16(21)22/h15,17,19H,4-14H2,1-3H3,(H,20,23)(H,21,22)/t17-/m0/s1. The van der Waals surface area contributed by atoms with Gasteiger partial charge in [-0.2, -0.15) is 0 Å². The molecule has 0 saturated carbocycles. The highest BCUT2D eigenvalue weighted by atomic mass is 16.4. The molecule has 5 heteroatoms. The zero-order valence-corrected chi connectivity index (χ0v) is 15.2. The highest BCUT2D eigenvalue weighted by Crippen LogP contribution is 2.09. The van der Waals surface area contributed by atoms with Gasteiger partial charge < -0.3 is 15.7 Å². The van der Waals surface area contributed by atoms with E-state index in [4.69, 9.17) is 5.11 Å². The van der Waals surface area contributed by atoms with E-state index in [1.807, 2.05) is 13.8 Å². The number of carbonyl (C=O) groups excluding carboxylic acids is 1. The fourth-order valence-corrected chi connectivity index (χ4v) is 2.60. The molecule has 0 aliphatic heterocycles. The number of rotatable bonds is 15. The summed E-state index contributed by atoms with van der Waals surface area (Å²) in [6.07, 6.45) is 11.5. The summed E-state index contributed by atoms with van der Waals surface area (Å²) in [5, 5.41) is 14.3. The average Bonchev–Trinajstić information content (AvgIpc) is 2.50. The Labute approximate surface area is 141 Å². The molecule has 0 aliphatic rings. The van der Waals surface area contributed by atoms with Crippen molar-refractivity contribution in [1.29, 1.82) is 0 Å². The number of hydrogen-bond acceptors (Lipinski definition) is 3. The summed E-state index contributed by atoms with van der Waals surface area (Å²) in [7, 11) is 0. The van der Waals surface area contributed by atoms with Crippen LogP contribution in [0.25, 0.3) is 0 Å². The van der Waals surface area contributed by atoms with E-state index < -0.39 is 5.97 Å². The summed E-state index contributed by atoms with van der Waals surface area (Å²) in [5.74, 6) is -1.10. The molecule has 0 heterocycles. The van der Waals surface area contributed by atoms with Gasteiger partial charge >= 0.3 is 5.97 Å². The van der Waals surface area contributed by atoms with Gasteiger partial charge in [0.25, 0.3) is 0 Å².